The number of carbonyl (C=O) groups excluding carboxylic acids is 3. The van der Waals surface area contributed by atoms with Crippen LogP contribution in [0.3, 0.4) is 0 Å². The summed E-state index contributed by atoms with van der Waals surface area (Å²) in [5.41, 5.74) is 6.94. The van der Waals surface area contributed by atoms with Gasteiger partial charge in [0, 0.05) is 95.2 Å². The summed E-state index contributed by atoms with van der Waals surface area (Å²) in [4.78, 5) is 50.2. The van der Waals surface area contributed by atoms with Crippen molar-refractivity contribution < 1.29 is 28.6 Å². The first kappa shape index (κ1) is 59.2. The summed E-state index contributed by atoms with van der Waals surface area (Å²) in [5, 5.41) is 0. The maximum absolute atomic E-state index is 12.4. The molecule has 3 amide bonds. The summed E-state index contributed by atoms with van der Waals surface area (Å²) in [6, 6.07) is 61.4. The monoisotopic (exact) mass is 1060 g/mol. The molecule has 1 unspecified atom stereocenters. The summed E-state index contributed by atoms with van der Waals surface area (Å²) in [7, 11) is 0. The van der Waals surface area contributed by atoms with Crippen molar-refractivity contribution in [2.45, 2.75) is 77.6 Å². The van der Waals surface area contributed by atoms with E-state index >= 15 is 0 Å². The van der Waals surface area contributed by atoms with Crippen LogP contribution >= 0.6 is 0 Å². The van der Waals surface area contributed by atoms with Gasteiger partial charge in [-0.15, -0.1) is 0 Å². The van der Waals surface area contributed by atoms with Crippen LogP contribution in [0.15, 0.2) is 182 Å². The number of morpholine rings is 3. The van der Waals surface area contributed by atoms with E-state index in [-0.39, 0.29) is 36.0 Å². The number of para-hydroxylation sites is 3. The second-order valence-electron chi connectivity index (χ2n) is 20.2. The molecule has 3 aliphatic rings. The van der Waals surface area contributed by atoms with Crippen LogP contribution in [0.2, 0.25) is 0 Å². The van der Waals surface area contributed by atoms with Gasteiger partial charge in [-0.1, -0.05) is 166 Å². The molecule has 0 N–H and O–H groups in total. The molecule has 0 spiro atoms. The van der Waals surface area contributed by atoms with E-state index in [1.54, 1.807) is 0 Å². The van der Waals surface area contributed by atoms with Gasteiger partial charge >= 0.3 is 0 Å². The van der Waals surface area contributed by atoms with Crippen molar-refractivity contribution in [1.29, 1.82) is 0 Å². The predicted octanol–water partition coefficient (Wildman–Crippen LogP) is 10.1. The minimum atomic E-state index is 0.0511. The van der Waals surface area contributed by atoms with Gasteiger partial charge in [0.2, 0.25) is 17.7 Å². The second kappa shape index (κ2) is 33.0. The number of benzene rings is 6. The zero-order chi connectivity index (χ0) is 54.6. The van der Waals surface area contributed by atoms with Crippen LogP contribution in [0.1, 0.15) is 56.7 Å². The fraction of sp³-hybridized carbons (Fsp3) is 0.409. The van der Waals surface area contributed by atoms with Crippen molar-refractivity contribution >= 4 is 34.8 Å². The van der Waals surface area contributed by atoms with Crippen LogP contribution in [0.5, 0.6) is 0 Å². The Kier molecular flexibility index (Phi) is 25.1. The van der Waals surface area contributed by atoms with E-state index < -0.39 is 0 Å². The Labute approximate surface area is 465 Å². The van der Waals surface area contributed by atoms with Gasteiger partial charge in [0.25, 0.3) is 0 Å². The lowest BCUT2D eigenvalue weighted by Gasteiger charge is -2.35. The Bertz CT molecular complexity index is 2310. The summed E-state index contributed by atoms with van der Waals surface area (Å²) in [6.45, 7) is 18.3. The number of amides is 3. The molecule has 3 fully saturated rings. The summed E-state index contributed by atoms with van der Waals surface area (Å²) >= 11 is 0. The number of hydrogen-bond donors (Lipinski definition) is 0. The average molecular weight is 1060 g/mol. The largest absolute Gasteiger partial charge is 0.374 e. The Balaban J connectivity index is 0.000000170. The average Bonchev–Trinajstić information content (AvgIpc) is 3.53. The van der Waals surface area contributed by atoms with Gasteiger partial charge in [-0.3, -0.25) is 29.1 Å². The fourth-order valence-corrected chi connectivity index (χ4v) is 10.1. The Morgan fingerprint density at radius 1 is 0.372 bits per heavy atom. The van der Waals surface area contributed by atoms with Gasteiger partial charge < -0.3 is 28.9 Å². The van der Waals surface area contributed by atoms with E-state index in [2.05, 4.69) is 106 Å². The van der Waals surface area contributed by atoms with Crippen LogP contribution in [-0.4, -0.2) is 149 Å². The van der Waals surface area contributed by atoms with Gasteiger partial charge in [0.1, 0.15) is 0 Å². The van der Waals surface area contributed by atoms with Crippen molar-refractivity contribution in [2.24, 2.45) is 0 Å². The van der Waals surface area contributed by atoms with Crippen molar-refractivity contribution in [3.8, 4) is 0 Å². The first-order valence-corrected chi connectivity index (χ1v) is 28.5. The molecule has 3 saturated heterocycles. The SMILES string of the molecule is CCC(=O)N(CC1CN(CCc2ccccc2)CCO1)c1ccccc1.CCC(=O)N(C[C@@H]1CN(CCc2ccccc2)CCO1)c1ccccc1.CCC(=O)N(C[C@H]1CN(CCc2ccccc2)CCO1)c1ccccc1. The molecule has 3 atom stereocenters. The van der Waals surface area contributed by atoms with Crippen molar-refractivity contribution in [1.82, 2.24) is 14.7 Å². The van der Waals surface area contributed by atoms with Gasteiger partial charge in [-0.25, -0.2) is 0 Å². The molecular formula is C66H84N6O6. The molecule has 6 aromatic carbocycles. The van der Waals surface area contributed by atoms with E-state index in [4.69, 9.17) is 14.2 Å². The van der Waals surface area contributed by atoms with Crippen molar-refractivity contribution in [3.63, 3.8) is 0 Å². The normalized spacial score (nSPS) is 17.8. The summed E-state index contributed by atoms with van der Waals surface area (Å²) in [5.74, 6) is 0.420. The molecule has 3 heterocycles. The first-order chi connectivity index (χ1) is 38.3. The summed E-state index contributed by atoms with van der Waals surface area (Å²) in [6.07, 6.45) is 4.79. The number of hydrogen-bond acceptors (Lipinski definition) is 9. The highest BCUT2D eigenvalue weighted by molar-refractivity contribution is 5.94. The van der Waals surface area contributed by atoms with Crippen molar-refractivity contribution in [3.05, 3.63) is 199 Å². The maximum Gasteiger partial charge on any atom is 0.226 e. The van der Waals surface area contributed by atoms with E-state index in [1.165, 1.54) is 16.7 Å². The highest BCUT2D eigenvalue weighted by Crippen LogP contribution is 2.21. The lowest BCUT2D eigenvalue weighted by atomic mass is 10.1. The molecule has 0 saturated carbocycles. The van der Waals surface area contributed by atoms with Gasteiger partial charge in [0.15, 0.2) is 0 Å². The number of anilines is 3. The third-order valence-electron chi connectivity index (χ3n) is 14.5. The quantitative estimate of drug-likeness (QED) is 0.0698. The number of nitrogens with zero attached hydrogens (tertiary/aromatic N) is 6. The van der Waals surface area contributed by atoms with Crippen LogP contribution < -0.4 is 14.7 Å². The molecule has 0 aliphatic carbocycles. The third-order valence-corrected chi connectivity index (χ3v) is 14.5. The van der Waals surface area contributed by atoms with E-state index in [1.807, 2.05) is 126 Å². The summed E-state index contributed by atoms with van der Waals surface area (Å²) < 4.78 is 17.9. The third kappa shape index (κ3) is 19.7. The molecule has 12 heteroatoms. The van der Waals surface area contributed by atoms with Crippen LogP contribution in [-0.2, 0) is 47.9 Å². The molecule has 78 heavy (non-hydrogen) atoms. The zero-order valence-corrected chi connectivity index (χ0v) is 46.5. The van der Waals surface area contributed by atoms with E-state index in [0.717, 1.165) is 115 Å². The number of carbonyl (C=O) groups is 3. The highest BCUT2D eigenvalue weighted by Gasteiger charge is 2.28. The lowest BCUT2D eigenvalue weighted by molar-refractivity contribution is -0.119. The maximum atomic E-state index is 12.4. The Morgan fingerprint density at radius 2 is 0.603 bits per heavy atom. The molecule has 12 nitrogen and oxygen atoms in total. The molecule has 3 aliphatic heterocycles. The lowest BCUT2D eigenvalue weighted by Crippen LogP contribution is -2.49. The van der Waals surface area contributed by atoms with Crippen LogP contribution in [0.25, 0.3) is 0 Å². The fourth-order valence-electron chi connectivity index (χ4n) is 10.1. The first-order valence-electron chi connectivity index (χ1n) is 28.5. The molecule has 0 radical (unpaired) electrons. The molecule has 0 aromatic heterocycles. The minimum absolute atomic E-state index is 0.0511. The van der Waals surface area contributed by atoms with Crippen molar-refractivity contribution in [2.75, 3.05) is 113 Å². The van der Waals surface area contributed by atoms with Gasteiger partial charge in [0.05, 0.1) is 57.8 Å². The number of rotatable bonds is 21. The van der Waals surface area contributed by atoms with Gasteiger partial charge in [-0.05, 0) is 72.4 Å². The van der Waals surface area contributed by atoms with Crippen LogP contribution in [0, 0.1) is 0 Å². The van der Waals surface area contributed by atoms with E-state index in [0.29, 0.717) is 38.9 Å². The van der Waals surface area contributed by atoms with Gasteiger partial charge in [-0.2, -0.15) is 0 Å². The highest BCUT2D eigenvalue weighted by atomic mass is 16.5. The number of ether oxygens (including phenoxy) is 3. The standard InChI is InChI=1S/3C22H28N2O2/c3*1-2-22(25)24(20-11-7-4-8-12-20)18-21-17-23(15-16-26-21)14-13-19-9-5-3-6-10-19/h3*3-12,21H,2,13-18H2,1H3/t2*21-;/m10./s1. The van der Waals surface area contributed by atoms with E-state index in [9.17, 15) is 14.4 Å². The smallest absolute Gasteiger partial charge is 0.226 e. The second-order valence-corrected chi connectivity index (χ2v) is 20.2. The minimum Gasteiger partial charge on any atom is -0.374 e. The Hall–Kier alpha value is -6.51. The molecule has 0 bridgehead atoms. The molecule has 414 valence electrons. The topological polar surface area (TPSA) is 98.3 Å². The molecule has 6 aromatic rings. The molecular weight excluding hydrogens is 973 g/mol. The predicted molar refractivity (Wildman–Crippen MR) is 316 cm³/mol. The zero-order valence-electron chi connectivity index (χ0n) is 46.5. The Morgan fingerprint density at radius 3 is 0.833 bits per heavy atom. The molecule has 9 rings (SSSR count). The van der Waals surface area contributed by atoms with Crippen LogP contribution in [0.4, 0.5) is 17.1 Å².